The summed E-state index contributed by atoms with van der Waals surface area (Å²) in [6, 6.07) is 8.15. The minimum Gasteiger partial charge on any atom is -0.462 e. The van der Waals surface area contributed by atoms with Gasteiger partial charge in [0.2, 0.25) is 0 Å². The largest absolute Gasteiger partial charge is 0.462 e. The molecule has 0 saturated carbocycles. The summed E-state index contributed by atoms with van der Waals surface area (Å²) in [6.45, 7) is 2.67. The molecule has 0 atom stereocenters. The Balaban J connectivity index is 1.47. The van der Waals surface area contributed by atoms with E-state index in [0.29, 0.717) is 29.6 Å². The normalized spacial score (nSPS) is 13.5. The number of hydrogen-bond donors (Lipinski definition) is 2. The zero-order valence-electron chi connectivity index (χ0n) is 18.5. The van der Waals surface area contributed by atoms with Gasteiger partial charge in [-0.1, -0.05) is 25.0 Å². The molecular formula is C24H27FN4O2S2. The Kier molecular flexibility index (Phi) is 7.72. The number of carbonyl (C=O) groups is 1. The Morgan fingerprint density at radius 2 is 1.91 bits per heavy atom. The van der Waals surface area contributed by atoms with Crippen molar-refractivity contribution in [3.63, 3.8) is 0 Å². The van der Waals surface area contributed by atoms with Gasteiger partial charge in [0.15, 0.2) is 10.9 Å². The molecule has 0 spiro atoms. The summed E-state index contributed by atoms with van der Waals surface area (Å²) in [6.07, 6.45) is 8.29. The number of fused-ring (bicyclic) bond motifs is 1. The van der Waals surface area contributed by atoms with Gasteiger partial charge in [-0.25, -0.2) is 9.18 Å². The predicted octanol–water partition coefficient (Wildman–Crippen LogP) is 5.78. The van der Waals surface area contributed by atoms with E-state index in [4.69, 9.17) is 17.0 Å². The molecule has 0 radical (unpaired) electrons. The summed E-state index contributed by atoms with van der Waals surface area (Å²) in [5.74, 6) is 0.0216. The molecule has 1 aliphatic carbocycles. The third-order valence-corrected chi connectivity index (χ3v) is 6.93. The summed E-state index contributed by atoms with van der Waals surface area (Å²) in [5, 5.41) is 11.9. The number of nitrogens with zero attached hydrogens (tertiary/aromatic N) is 2. The topological polar surface area (TPSA) is 68.2 Å². The zero-order chi connectivity index (χ0) is 23.2. The van der Waals surface area contributed by atoms with Crippen molar-refractivity contribution in [2.45, 2.75) is 52.0 Å². The predicted molar refractivity (Wildman–Crippen MR) is 134 cm³/mol. The number of benzene rings is 1. The van der Waals surface area contributed by atoms with Crippen LogP contribution < -0.4 is 10.6 Å². The lowest BCUT2D eigenvalue weighted by Crippen LogP contribution is -2.21. The maximum absolute atomic E-state index is 13.1. The van der Waals surface area contributed by atoms with E-state index < -0.39 is 0 Å². The number of ether oxygens (including phenoxy) is 1. The molecule has 6 nitrogen and oxygen atoms in total. The van der Waals surface area contributed by atoms with Gasteiger partial charge in [-0.05, 0) is 68.1 Å². The van der Waals surface area contributed by atoms with Crippen molar-refractivity contribution < 1.29 is 13.9 Å². The molecule has 0 saturated heterocycles. The summed E-state index contributed by atoms with van der Waals surface area (Å²) >= 11 is 7.11. The lowest BCUT2D eigenvalue weighted by Gasteiger charge is -2.12. The Labute approximate surface area is 202 Å². The molecule has 9 heteroatoms. The summed E-state index contributed by atoms with van der Waals surface area (Å²) in [5.41, 5.74) is 2.67. The van der Waals surface area contributed by atoms with E-state index in [0.717, 1.165) is 41.8 Å². The number of carbonyl (C=O) groups excluding carboxylic acids is 1. The Morgan fingerprint density at radius 3 is 2.67 bits per heavy atom. The van der Waals surface area contributed by atoms with Crippen LogP contribution in [0.5, 0.6) is 0 Å². The third-order valence-electron chi connectivity index (χ3n) is 5.52. The second-order valence-electron chi connectivity index (χ2n) is 7.95. The van der Waals surface area contributed by atoms with E-state index in [2.05, 4.69) is 15.7 Å². The first-order valence-corrected chi connectivity index (χ1v) is 12.4. The van der Waals surface area contributed by atoms with Crippen LogP contribution in [0.2, 0.25) is 0 Å². The van der Waals surface area contributed by atoms with Gasteiger partial charge < -0.3 is 15.4 Å². The molecule has 1 aliphatic rings. The quantitative estimate of drug-likeness (QED) is 0.340. The highest BCUT2D eigenvalue weighted by Gasteiger charge is 2.25. The van der Waals surface area contributed by atoms with Crippen LogP contribution in [-0.2, 0) is 24.1 Å². The van der Waals surface area contributed by atoms with Crippen LogP contribution in [0.4, 0.5) is 15.2 Å². The second-order valence-corrected chi connectivity index (χ2v) is 9.46. The van der Waals surface area contributed by atoms with E-state index in [9.17, 15) is 9.18 Å². The molecule has 1 aromatic carbocycles. The molecule has 0 bridgehead atoms. The van der Waals surface area contributed by atoms with Crippen molar-refractivity contribution in [1.29, 1.82) is 0 Å². The minimum atomic E-state index is -0.301. The first-order valence-electron chi connectivity index (χ1n) is 11.2. The number of halogens is 1. The fourth-order valence-corrected chi connectivity index (χ4v) is 5.52. The molecule has 0 unspecified atom stereocenters. The van der Waals surface area contributed by atoms with Crippen LogP contribution in [0.15, 0.2) is 36.5 Å². The van der Waals surface area contributed by atoms with E-state index in [1.54, 1.807) is 28.2 Å². The van der Waals surface area contributed by atoms with Gasteiger partial charge in [0, 0.05) is 17.1 Å². The zero-order valence-corrected chi connectivity index (χ0v) is 20.2. The minimum absolute atomic E-state index is 0.262. The lowest BCUT2D eigenvalue weighted by molar-refractivity contribution is 0.0526. The molecule has 2 heterocycles. The third kappa shape index (κ3) is 5.97. The fourth-order valence-electron chi connectivity index (χ4n) is 3.97. The highest BCUT2D eigenvalue weighted by Crippen LogP contribution is 2.37. The number of anilines is 2. The molecule has 0 aliphatic heterocycles. The van der Waals surface area contributed by atoms with Gasteiger partial charge in [-0.3, -0.25) is 4.68 Å². The Morgan fingerprint density at radius 1 is 1.15 bits per heavy atom. The number of nitrogens with one attached hydrogen (secondary N) is 2. The molecule has 4 rings (SSSR count). The fraction of sp³-hybridized carbons (Fsp3) is 0.375. The first-order chi connectivity index (χ1) is 16.0. The number of rotatable bonds is 6. The molecule has 2 aromatic heterocycles. The number of aryl methyl sites for hydroxylation is 1. The molecule has 174 valence electrons. The van der Waals surface area contributed by atoms with E-state index in [1.807, 2.05) is 19.2 Å². The SMILES string of the molecule is CCOC(=O)c1c(NC(=S)Nc2ccn(Cc3ccc(F)cc3)n2)sc2c1CCCCCC2. The van der Waals surface area contributed by atoms with Crippen LogP contribution in [0.1, 0.15) is 59.0 Å². The van der Waals surface area contributed by atoms with E-state index in [-0.39, 0.29) is 11.8 Å². The summed E-state index contributed by atoms with van der Waals surface area (Å²) in [4.78, 5) is 14.0. The highest BCUT2D eigenvalue weighted by atomic mass is 32.1. The van der Waals surface area contributed by atoms with Crippen LogP contribution in [0, 0.1) is 5.82 Å². The number of hydrogen-bond acceptors (Lipinski definition) is 5. The number of esters is 1. The molecular weight excluding hydrogens is 459 g/mol. The second kappa shape index (κ2) is 10.9. The van der Waals surface area contributed by atoms with E-state index in [1.165, 1.54) is 29.9 Å². The first kappa shape index (κ1) is 23.4. The smallest absolute Gasteiger partial charge is 0.341 e. The van der Waals surface area contributed by atoms with Crippen molar-refractivity contribution in [2.75, 3.05) is 17.2 Å². The van der Waals surface area contributed by atoms with Crippen molar-refractivity contribution in [3.8, 4) is 0 Å². The van der Waals surface area contributed by atoms with Gasteiger partial charge in [-0.2, -0.15) is 5.10 Å². The average Bonchev–Trinajstić information content (AvgIpc) is 3.33. The van der Waals surface area contributed by atoms with E-state index >= 15 is 0 Å². The monoisotopic (exact) mass is 486 g/mol. The summed E-state index contributed by atoms with van der Waals surface area (Å²) in [7, 11) is 0. The van der Waals surface area contributed by atoms with Gasteiger partial charge in [0.25, 0.3) is 0 Å². The van der Waals surface area contributed by atoms with Crippen molar-refractivity contribution in [2.24, 2.45) is 0 Å². The highest BCUT2D eigenvalue weighted by molar-refractivity contribution is 7.80. The number of thiophene rings is 1. The Hall–Kier alpha value is -2.78. The van der Waals surface area contributed by atoms with Crippen LogP contribution >= 0.6 is 23.6 Å². The standard InChI is InChI=1S/C24H27FN4O2S2/c1-2-31-23(30)21-18-7-5-3-4-6-8-19(18)33-22(21)27-24(32)26-20-13-14-29(28-20)15-16-9-11-17(25)12-10-16/h9-14H,2-8,15H2,1H3,(H2,26,27,28,32). The maximum atomic E-state index is 13.1. The van der Waals surface area contributed by atoms with Gasteiger partial charge >= 0.3 is 5.97 Å². The molecule has 0 amide bonds. The lowest BCUT2D eigenvalue weighted by atomic mass is 9.96. The number of aromatic nitrogens is 2. The molecule has 2 N–H and O–H groups in total. The van der Waals surface area contributed by atoms with Crippen LogP contribution in [0.3, 0.4) is 0 Å². The van der Waals surface area contributed by atoms with Crippen molar-refractivity contribution >= 4 is 45.5 Å². The molecule has 3 aromatic rings. The van der Waals surface area contributed by atoms with Gasteiger partial charge in [-0.15, -0.1) is 11.3 Å². The number of thiocarbonyl (C=S) groups is 1. The molecule has 33 heavy (non-hydrogen) atoms. The summed E-state index contributed by atoms with van der Waals surface area (Å²) < 4.78 is 20.2. The van der Waals surface area contributed by atoms with Gasteiger partial charge in [0.05, 0.1) is 18.7 Å². The van der Waals surface area contributed by atoms with Crippen molar-refractivity contribution in [1.82, 2.24) is 9.78 Å². The molecule has 0 fully saturated rings. The Bertz CT molecular complexity index is 1120. The van der Waals surface area contributed by atoms with Gasteiger partial charge in [0.1, 0.15) is 10.8 Å². The van der Waals surface area contributed by atoms with Crippen LogP contribution in [-0.4, -0.2) is 27.5 Å². The van der Waals surface area contributed by atoms with Crippen LogP contribution in [0.25, 0.3) is 0 Å². The van der Waals surface area contributed by atoms with Crippen molar-refractivity contribution in [3.05, 3.63) is 63.9 Å². The maximum Gasteiger partial charge on any atom is 0.341 e. The average molecular weight is 487 g/mol.